The molecule has 1 aliphatic rings. The van der Waals surface area contributed by atoms with Crippen LogP contribution in [0.5, 0.6) is 0 Å². The first-order valence-electron chi connectivity index (χ1n) is 7.48. The monoisotopic (exact) mass is 329 g/mol. The Morgan fingerprint density at radius 3 is 2.35 bits per heavy atom. The maximum atomic E-state index is 13.0. The van der Waals surface area contributed by atoms with E-state index in [0.717, 1.165) is 22.9 Å². The quantitative estimate of drug-likeness (QED) is 0.912. The van der Waals surface area contributed by atoms with Crippen molar-refractivity contribution in [2.24, 2.45) is 5.92 Å². The molecule has 1 fully saturated rings. The smallest absolute Gasteiger partial charge is 0.396 e. The van der Waals surface area contributed by atoms with Gasteiger partial charge in [-0.25, -0.2) is 0 Å². The van der Waals surface area contributed by atoms with Crippen LogP contribution in [0, 0.1) is 19.8 Å². The summed E-state index contributed by atoms with van der Waals surface area (Å²) in [5.74, 6) is -0.337. The lowest BCUT2D eigenvalue weighted by Gasteiger charge is -2.33. The molecule has 0 amide bonds. The number of aliphatic hydroxyl groups excluding tert-OH is 1. The lowest BCUT2D eigenvalue weighted by Crippen LogP contribution is -2.36. The molecule has 9 heteroatoms. The topological polar surface area (TPSA) is 66.5 Å². The average Bonchev–Trinajstić information content (AvgIpc) is 2.95. The van der Waals surface area contributed by atoms with Gasteiger partial charge >= 0.3 is 6.18 Å². The number of rotatable bonds is 2. The molecular formula is C14H18F3N5O. The van der Waals surface area contributed by atoms with E-state index in [1.807, 2.05) is 11.8 Å². The van der Waals surface area contributed by atoms with Crippen molar-refractivity contribution in [3.05, 3.63) is 17.0 Å². The standard InChI is InChI=1S/C14H18F3N5O/c1-8-9(2)12(21-5-3-10(7-23)4-6-21)20-22-11(8)18-19-13(22)14(15,16)17/h10,23H,3-7H2,1-2H3. The Balaban J connectivity index is 2.05. The largest absolute Gasteiger partial charge is 0.453 e. The van der Waals surface area contributed by atoms with Crippen LogP contribution in [0.1, 0.15) is 29.8 Å². The fourth-order valence-corrected chi connectivity index (χ4v) is 2.92. The predicted molar refractivity (Wildman–Crippen MR) is 77.3 cm³/mol. The molecule has 0 spiro atoms. The molecule has 0 bridgehead atoms. The number of anilines is 1. The zero-order valence-corrected chi connectivity index (χ0v) is 12.9. The van der Waals surface area contributed by atoms with E-state index in [-0.39, 0.29) is 18.2 Å². The normalized spacial score (nSPS) is 17.2. The second-order valence-corrected chi connectivity index (χ2v) is 5.94. The Hall–Kier alpha value is -1.90. The third kappa shape index (κ3) is 2.73. The van der Waals surface area contributed by atoms with Gasteiger partial charge in [0.2, 0.25) is 0 Å². The Morgan fingerprint density at radius 2 is 1.78 bits per heavy atom. The summed E-state index contributed by atoms with van der Waals surface area (Å²) in [5.41, 5.74) is 1.58. The van der Waals surface area contributed by atoms with E-state index in [9.17, 15) is 18.3 Å². The van der Waals surface area contributed by atoms with Crippen molar-refractivity contribution in [2.75, 3.05) is 24.6 Å². The van der Waals surface area contributed by atoms with Crippen LogP contribution in [-0.2, 0) is 6.18 Å². The van der Waals surface area contributed by atoms with Crippen LogP contribution in [-0.4, -0.2) is 44.6 Å². The Bertz CT molecular complexity index is 719. The first-order chi connectivity index (χ1) is 10.8. The van der Waals surface area contributed by atoms with E-state index in [0.29, 0.717) is 24.5 Å². The maximum absolute atomic E-state index is 13.0. The van der Waals surface area contributed by atoms with Crippen LogP contribution >= 0.6 is 0 Å². The van der Waals surface area contributed by atoms with Gasteiger partial charge in [-0.2, -0.15) is 17.7 Å². The Morgan fingerprint density at radius 1 is 1.13 bits per heavy atom. The highest BCUT2D eigenvalue weighted by Crippen LogP contribution is 2.31. The number of alkyl halides is 3. The third-order valence-corrected chi connectivity index (χ3v) is 4.49. The molecule has 0 unspecified atom stereocenters. The van der Waals surface area contributed by atoms with Gasteiger partial charge in [-0.3, -0.25) is 0 Å². The SMILES string of the molecule is Cc1c(N2CCC(CO)CC2)nn2c(C(F)(F)F)nnc2c1C. The number of aromatic nitrogens is 4. The van der Waals surface area contributed by atoms with Crippen molar-refractivity contribution in [1.29, 1.82) is 0 Å². The van der Waals surface area contributed by atoms with Gasteiger partial charge in [0.05, 0.1) is 0 Å². The first kappa shape index (κ1) is 16.0. The molecule has 126 valence electrons. The highest BCUT2D eigenvalue weighted by atomic mass is 19.4. The van der Waals surface area contributed by atoms with Crippen LogP contribution in [0.3, 0.4) is 0 Å². The van der Waals surface area contributed by atoms with Crippen LogP contribution in [0.15, 0.2) is 0 Å². The molecule has 3 heterocycles. The van der Waals surface area contributed by atoms with E-state index >= 15 is 0 Å². The number of fused-ring (bicyclic) bond motifs is 1. The van der Waals surface area contributed by atoms with Gasteiger partial charge in [-0.05, 0) is 32.6 Å². The van der Waals surface area contributed by atoms with Gasteiger partial charge in [0.1, 0.15) is 0 Å². The molecule has 0 atom stereocenters. The van der Waals surface area contributed by atoms with Crippen molar-refractivity contribution in [3.8, 4) is 0 Å². The molecule has 0 aromatic carbocycles. The van der Waals surface area contributed by atoms with Crippen molar-refractivity contribution < 1.29 is 18.3 Å². The minimum Gasteiger partial charge on any atom is -0.396 e. The molecular weight excluding hydrogens is 311 g/mol. The summed E-state index contributed by atoms with van der Waals surface area (Å²) >= 11 is 0. The van der Waals surface area contributed by atoms with Crippen LogP contribution in [0.2, 0.25) is 0 Å². The zero-order chi connectivity index (χ0) is 16.8. The zero-order valence-electron chi connectivity index (χ0n) is 12.9. The molecule has 0 aliphatic carbocycles. The molecule has 2 aromatic rings. The fourth-order valence-electron chi connectivity index (χ4n) is 2.92. The molecule has 0 saturated carbocycles. The van der Waals surface area contributed by atoms with Gasteiger partial charge in [0, 0.05) is 30.8 Å². The van der Waals surface area contributed by atoms with Gasteiger partial charge in [-0.1, -0.05) is 0 Å². The van der Waals surface area contributed by atoms with Crippen LogP contribution < -0.4 is 4.90 Å². The minimum absolute atomic E-state index is 0.129. The second kappa shape index (κ2) is 5.63. The lowest BCUT2D eigenvalue weighted by atomic mass is 9.97. The van der Waals surface area contributed by atoms with Crippen LogP contribution in [0.4, 0.5) is 19.0 Å². The predicted octanol–water partition coefficient (Wildman–Crippen LogP) is 1.97. The maximum Gasteiger partial charge on any atom is 0.453 e. The number of piperidine rings is 1. The van der Waals surface area contributed by atoms with Gasteiger partial charge in [-0.15, -0.1) is 15.3 Å². The minimum atomic E-state index is -4.60. The van der Waals surface area contributed by atoms with E-state index < -0.39 is 12.0 Å². The molecule has 1 saturated heterocycles. The number of halogens is 3. The average molecular weight is 329 g/mol. The first-order valence-corrected chi connectivity index (χ1v) is 7.48. The third-order valence-electron chi connectivity index (χ3n) is 4.49. The van der Waals surface area contributed by atoms with E-state index in [4.69, 9.17) is 0 Å². The van der Waals surface area contributed by atoms with Crippen molar-refractivity contribution >= 4 is 11.5 Å². The summed E-state index contributed by atoms with van der Waals surface area (Å²) in [7, 11) is 0. The van der Waals surface area contributed by atoms with Gasteiger partial charge in [0.25, 0.3) is 5.82 Å². The summed E-state index contributed by atoms with van der Waals surface area (Å²) in [5, 5.41) is 20.3. The molecule has 23 heavy (non-hydrogen) atoms. The van der Waals surface area contributed by atoms with Crippen molar-refractivity contribution in [1.82, 2.24) is 19.8 Å². The van der Waals surface area contributed by atoms with E-state index in [1.165, 1.54) is 0 Å². The summed E-state index contributed by atoms with van der Waals surface area (Å²) in [6.45, 7) is 5.02. The summed E-state index contributed by atoms with van der Waals surface area (Å²) in [6, 6.07) is 0. The number of hydrogen-bond donors (Lipinski definition) is 1. The lowest BCUT2D eigenvalue weighted by molar-refractivity contribution is -0.146. The molecule has 6 nitrogen and oxygen atoms in total. The van der Waals surface area contributed by atoms with Gasteiger partial charge in [0.15, 0.2) is 11.5 Å². The molecule has 0 radical (unpaired) electrons. The Kier molecular flexibility index (Phi) is 3.91. The summed E-state index contributed by atoms with van der Waals surface area (Å²) in [6.07, 6.45) is -3.01. The number of aryl methyl sites for hydroxylation is 1. The number of hydrogen-bond acceptors (Lipinski definition) is 5. The Labute approximate surface area is 130 Å². The fraction of sp³-hybridized carbons (Fsp3) is 0.643. The van der Waals surface area contributed by atoms with Crippen LogP contribution in [0.25, 0.3) is 5.65 Å². The molecule has 2 aromatic heterocycles. The van der Waals surface area contributed by atoms with E-state index in [2.05, 4.69) is 15.3 Å². The molecule has 1 aliphatic heterocycles. The summed E-state index contributed by atoms with van der Waals surface area (Å²) < 4.78 is 39.9. The number of nitrogens with zero attached hydrogens (tertiary/aromatic N) is 5. The van der Waals surface area contributed by atoms with Gasteiger partial charge < -0.3 is 10.0 Å². The molecule has 3 rings (SSSR count). The number of aliphatic hydroxyl groups is 1. The van der Waals surface area contributed by atoms with Crippen molar-refractivity contribution in [2.45, 2.75) is 32.9 Å². The second-order valence-electron chi connectivity index (χ2n) is 5.94. The van der Waals surface area contributed by atoms with Crippen molar-refractivity contribution in [3.63, 3.8) is 0 Å². The molecule has 1 N–H and O–H groups in total. The highest BCUT2D eigenvalue weighted by molar-refractivity contribution is 5.59. The summed E-state index contributed by atoms with van der Waals surface area (Å²) in [4.78, 5) is 1.97. The van der Waals surface area contributed by atoms with E-state index in [1.54, 1.807) is 6.92 Å². The highest BCUT2D eigenvalue weighted by Gasteiger charge is 2.38.